The highest BCUT2D eigenvalue weighted by molar-refractivity contribution is 6.38. The van der Waals surface area contributed by atoms with Crippen molar-refractivity contribution in [1.29, 1.82) is 0 Å². The summed E-state index contributed by atoms with van der Waals surface area (Å²) in [6.07, 6.45) is -0.0535. The van der Waals surface area contributed by atoms with Crippen LogP contribution in [0.3, 0.4) is 0 Å². The fraction of sp³-hybridized carbons (Fsp3) is 0.222. The summed E-state index contributed by atoms with van der Waals surface area (Å²) < 4.78 is 4.68. The molecule has 0 aliphatic heterocycles. The van der Waals surface area contributed by atoms with Gasteiger partial charge in [0.1, 0.15) is 0 Å². The lowest BCUT2D eigenvalue weighted by Gasteiger charge is -2.07. The molecule has 0 radical (unpaired) electrons. The third-order valence-electron chi connectivity index (χ3n) is 2.01. The van der Waals surface area contributed by atoms with Crippen LogP contribution in [-0.4, -0.2) is 15.8 Å². The van der Waals surface area contributed by atoms with Crippen molar-refractivity contribution in [3.8, 4) is 5.75 Å². The Kier molecular flexibility index (Phi) is 4.62. The number of halogens is 2. The van der Waals surface area contributed by atoms with Crippen molar-refractivity contribution >= 4 is 40.5 Å². The van der Waals surface area contributed by atoms with Gasteiger partial charge in [-0.2, -0.15) is 0 Å². The maximum absolute atomic E-state index is 11.2. The number of carbonyl (C=O) groups is 1. The molecule has 0 atom stereocenters. The lowest BCUT2D eigenvalue weighted by atomic mass is 10.2. The van der Waals surface area contributed by atoms with Gasteiger partial charge in [-0.3, -0.25) is 25.0 Å². The molecule has 0 aliphatic carbocycles. The first-order valence-electron chi connectivity index (χ1n) is 4.81. The number of benzene rings is 1. The molecule has 0 saturated carbocycles. The van der Waals surface area contributed by atoms with E-state index in [0.717, 1.165) is 6.07 Å². The van der Waals surface area contributed by atoms with Crippen LogP contribution in [0.4, 0.5) is 11.4 Å². The summed E-state index contributed by atoms with van der Waals surface area (Å²) in [5, 5.41) is 20.4. The number of nitro groups is 2. The quantitative estimate of drug-likeness (QED) is 0.365. The van der Waals surface area contributed by atoms with Crippen molar-refractivity contribution in [3.05, 3.63) is 36.3 Å². The Morgan fingerprint density at radius 3 is 2.32 bits per heavy atom. The summed E-state index contributed by atoms with van der Waals surface area (Å²) in [6.45, 7) is 1.47. The van der Waals surface area contributed by atoms with Gasteiger partial charge in [-0.25, -0.2) is 0 Å². The van der Waals surface area contributed by atoms with Gasteiger partial charge in [0.15, 0.2) is 5.02 Å². The average Bonchev–Trinajstić information content (AvgIpc) is 2.32. The lowest BCUT2D eigenvalue weighted by molar-refractivity contribution is -0.394. The summed E-state index contributed by atoms with van der Waals surface area (Å²) >= 11 is 11.2. The van der Waals surface area contributed by atoms with Gasteiger partial charge in [-0.15, -0.1) is 0 Å². The molecular formula is C9H6Cl2N2O6. The number of esters is 1. The SMILES string of the molecule is CCC(=O)Oc1c(Cl)cc([N+](=O)[O-])c(Cl)c1[N+](=O)[O-]. The van der Waals surface area contributed by atoms with Crippen molar-refractivity contribution in [2.45, 2.75) is 13.3 Å². The molecule has 0 aliphatic rings. The van der Waals surface area contributed by atoms with E-state index < -0.39 is 43.0 Å². The molecule has 1 rings (SSSR count). The Labute approximate surface area is 116 Å². The largest absolute Gasteiger partial charge is 0.417 e. The molecule has 0 aromatic heterocycles. The van der Waals surface area contributed by atoms with Crippen LogP contribution < -0.4 is 4.74 Å². The fourth-order valence-electron chi connectivity index (χ4n) is 1.16. The van der Waals surface area contributed by atoms with Gasteiger partial charge in [0, 0.05) is 12.5 Å². The van der Waals surface area contributed by atoms with Gasteiger partial charge >= 0.3 is 11.7 Å². The Morgan fingerprint density at radius 1 is 1.32 bits per heavy atom. The fourth-order valence-corrected chi connectivity index (χ4v) is 1.67. The Bertz CT molecular complexity index is 574. The Morgan fingerprint density at radius 2 is 1.89 bits per heavy atom. The summed E-state index contributed by atoms with van der Waals surface area (Å²) in [4.78, 5) is 30.8. The summed E-state index contributed by atoms with van der Waals surface area (Å²) in [5.41, 5.74) is -1.66. The van der Waals surface area contributed by atoms with Crippen molar-refractivity contribution in [1.82, 2.24) is 0 Å². The zero-order valence-corrected chi connectivity index (χ0v) is 10.9. The van der Waals surface area contributed by atoms with Gasteiger partial charge in [0.25, 0.3) is 5.69 Å². The smallest absolute Gasteiger partial charge is 0.338 e. The number of nitrogens with zero attached hydrogens (tertiary/aromatic N) is 2. The Balaban J connectivity index is 3.54. The van der Waals surface area contributed by atoms with E-state index >= 15 is 0 Å². The van der Waals surface area contributed by atoms with E-state index in [-0.39, 0.29) is 6.42 Å². The number of ether oxygens (including phenoxy) is 1. The highest BCUT2D eigenvalue weighted by Crippen LogP contribution is 2.45. The molecule has 0 N–H and O–H groups in total. The molecule has 1 aromatic rings. The molecule has 0 heterocycles. The van der Waals surface area contributed by atoms with Crippen LogP contribution in [0.5, 0.6) is 5.75 Å². The highest BCUT2D eigenvalue weighted by Gasteiger charge is 2.33. The van der Waals surface area contributed by atoms with Crippen LogP contribution in [0, 0.1) is 20.2 Å². The van der Waals surface area contributed by atoms with E-state index in [9.17, 15) is 25.0 Å². The molecule has 8 nitrogen and oxygen atoms in total. The minimum absolute atomic E-state index is 0.0535. The van der Waals surface area contributed by atoms with Crippen molar-refractivity contribution in [2.75, 3.05) is 0 Å². The third-order valence-corrected chi connectivity index (χ3v) is 2.67. The standard InChI is InChI=1S/C9H6Cl2N2O6/c1-2-6(14)19-9-4(10)3-5(12(15)16)7(11)8(9)13(17)18/h3H,2H2,1H3. The highest BCUT2D eigenvalue weighted by atomic mass is 35.5. The first-order valence-corrected chi connectivity index (χ1v) is 5.56. The molecule has 0 amide bonds. The molecule has 102 valence electrons. The number of nitro benzene ring substituents is 2. The molecule has 10 heteroatoms. The molecule has 19 heavy (non-hydrogen) atoms. The number of carbonyl (C=O) groups excluding carboxylic acids is 1. The van der Waals surface area contributed by atoms with Crippen LogP contribution >= 0.6 is 23.2 Å². The summed E-state index contributed by atoms with van der Waals surface area (Å²) in [7, 11) is 0. The second-order valence-electron chi connectivity index (χ2n) is 3.21. The lowest BCUT2D eigenvalue weighted by Crippen LogP contribution is -2.08. The van der Waals surface area contributed by atoms with Crippen LogP contribution in [0.15, 0.2) is 6.07 Å². The van der Waals surface area contributed by atoms with Crippen LogP contribution in [0.25, 0.3) is 0 Å². The van der Waals surface area contributed by atoms with Crippen LogP contribution in [0.2, 0.25) is 10.0 Å². The van der Waals surface area contributed by atoms with E-state index in [4.69, 9.17) is 23.2 Å². The molecule has 0 fully saturated rings. The first kappa shape index (κ1) is 15.1. The Hall–Kier alpha value is -1.93. The zero-order valence-electron chi connectivity index (χ0n) is 9.38. The van der Waals surface area contributed by atoms with Gasteiger partial charge < -0.3 is 4.74 Å². The number of hydrogen-bond acceptors (Lipinski definition) is 6. The minimum Gasteiger partial charge on any atom is -0.417 e. The molecule has 1 aromatic carbocycles. The average molecular weight is 309 g/mol. The number of hydrogen-bond donors (Lipinski definition) is 0. The van der Waals surface area contributed by atoms with Crippen LogP contribution in [-0.2, 0) is 4.79 Å². The van der Waals surface area contributed by atoms with E-state index in [0.29, 0.717) is 0 Å². The van der Waals surface area contributed by atoms with E-state index in [1.807, 2.05) is 0 Å². The maximum atomic E-state index is 11.2. The van der Waals surface area contributed by atoms with Crippen molar-refractivity contribution in [3.63, 3.8) is 0 Å². The maximum Gasteiger partial charge on any atom is 0.338 e. The zero-order chi connectivity index (χ0) is 14.7. The summed E-state index contributed by atoms with van der Waals surface area (Å²) in [6, 6.07) is 0.787. The van der Waals surface area contributed by atoms with Gasteiger partial charge in [0.05, 0.1) is 14.9 Å². The molecular weight excluding hydrogens is 303 g/mol. The predicted molar refractivity (Wildman–Crippen MR) is 65.7 cm³/mol. The van der Waals surface area contributed by atoms with Crippen molar-refractivity contribution < 1.29 is 19.4 Å². The predicted octanol–water partition coefficient (Wildman–Crippen LogP) is 3.13. The van der Waals surface area contributed by atoms with Gasteiger partial charge in [0.2, 0.25) is 5.75 Å². The van der Waals surface area contributed by atoms with E-state index in [1.54, 1.807) is 0 Å². The monoisotopic (exact) mass is 308 g/mol. The molecule has 0 saturated heterocycles. The number of rotatable bonds is 4. The molecule has 0 bridgehead atoms. The minimum atomic E-state index is -1.00. The topological polar surface area (TPSA) is 113 Å². The molecule has 0 unspecified atom stereocenters. The van der Waals surface area contributed by atoms with Gasteiger partial charge in [-0.05, 0) is 0 Å². The third kappa shape index (κ3) is 3.09. The molecule has 0 spiro atoms. The first-order chi connectivity index (χ1) is 8.79. The summed E-state index contributed by atoms with van der Waals surface area (Å²) in [5.74, 6) is -1.39. The van der Waals surface area contributed by atoms with Crippen molar-refractivity contribution in [2.24, 2.45) is 0 Å². The van der Waals surface area contributed by atoms with E-state index in [1.165, 1.54) is 6.92 Å². The van der Waals surface area contributed by atoms with Gasteiger partial charge in [-0.1, -0.05) is 30.1 Å². The van der Waals surface area contributed by atoms with Crippen LogP contribution in [0.1, 0.15) is 13.3 Å². The normalized spacial score (nSPS) is 10.1. The second-order valence-corrected chi connectivity index (χ2v) is 4.00. The second kappa shape index (κ2) is 5.81. The van der Waals surface area contributed by atoms with E-state index in [2.05, 4.69) is 4.74 Å².